The number of nitrogens with one attached hydrogen (secondary N) is 1. The van der Waals surface area contributed by atoms with Gasteiger partial charge in [0.1, 0.15) is 5.75 Å². The summed E-state index contributed by atoms with van der Waals surface area (Å²) >= 11 is 11.9. The van der Waals surface area contributed by atoms with Gasteiger partial charge in [-0.3, -0.25) is 9.78 Å². The van der Waals surface area contributed by atoms with Crippen molar-refractivity contribution in [3.63, 3.8) is 0 Å². The van der Waals surface area contributed by atoms with Gasteiger partial charge < -0.3 is 14.6 Å². The van der Waals surface area contributed by atoms with E-state index in [4.69, 9.17) is 32.5 Å². The number of rotatable bonds is 9. The number of aromatic nitrogens is 3. The van der Waals surface area contributed by atoms with Gasteiger partial charge in [-0.2, -0.15) is 4.98 Å². The molecule has 0 saturated heterocycles. The lowest BCUT2D eigenvalue weighted by molar-refractivity contribution is -0.121. The first-order valence-corrected chi connectivity index (χ1v) is 9.45. The van der Waals surface area contributed by atoms with Crippen molar-refractivity contribution in [3.8, 4) is 17.1 Å². The van der Waals surface area contributed by atoms with E-state index in [1.54, 1.807) is 36.7 Å². The average Bonchev–Trinajstić information content (AvgIpc) is 3.17. The Balaban J connectivity index is 1.33. The molecule has 1 N–H and O–H groups in total. The van der Waals surface area contributed by atoms with Gasteiger partial charge in [-0.15, -0.1) is 0 Å². The van der Waals surface area contributed by atoms with E-state index in [9.17, 15) is 4.79 Å². The monoisotopic (exact) mass is 420 g/mol. The van der Waals surface area contributed by atoms with E-state index in [2.05, 4.69) is 20.4 Å². The van der Waals surface area contributed by atoms with Crippen LogP contribution in [0, 0.1) is 0 Å². The molecule has 0 atom stereocenters. The Morgan fingerprint density at radius 2 is 2.14 bits per heavy atom. The topological polar surface area (TPSA) is 90.1 Å². The summed E-state index contributed by atoms with van der Waals surface area (Å²) in [7, 11) is 0. The molecule has 1 aromatic carbocycles. The van der Waals surface area contributed by atoms with Crippen LogP contribution in [-0.4, -0.2) is 34.2 Å². The van der Waals surface area contributed by atoms with Gasteiger partial charge in [0.05, 0.1) is 11.6 Å². The highest BCUT2D eigenvalue weighted by atomic mass is 35.5. The van der Waals surface area contributed by atoms with E-state index in [1.807, 2.05) is 6.07 Å². The summed E-state index contributed by atoms with van der Waals surface area (Å²) in [5.74, 6) is 1.35. The Bertz CT molecular complexity index is 919. The third-order valence-corrected chi connectivity index (χ3v) is 4.28. The maximum atomic E-state index is 11.9. The molecule has 2 aromatic heterocycles. The molecule has 0 fully saturated rings. The molecule has 28 heavy (non-hydrogen) atoms. The van der Waals surface area contributed by atoms with Crippen LogP contribution < -0.4 is 10.1 Å². The van der Waals surface area contributed by atoms with Gasteiger partial charge in [-0.1, -0.05) is 28.4 Å². The van der Waals surface area contributed by atoms with Gasteiger partial charge in [-0.05, 0) is 36.8 Å². The van der Waals surface area contributed by atoms with Crippen LogP contribution in [0.15, 0.2) is 47.2 Å². The first kappa shape index (κ1) is 20.1. The van der Waals surface area contributed by atoms with Crippen LogP contribution in [0.1, 0.15) is 18.7 Å². The number of nitrogens with zero attached hydrogens (tertiary/aromatic N) is 3. The van der Waals surface area contributed by atoms with Gasteiger partial charge in [0.25, 0.3) is 0 Å². The summed E-state index contributed by atoms with van der Waals surface area (Å²) < 4.78 is 10.7. The quantitative estimate of drug-likeness (QED) is 0.526. The Morgan fingerprint density at radius 3 is 2.93 bits per heavy atom. The normalized spacial score (nSPS) is 10.6. The minimum Gasteiger partial charge on any atom is -0.492 e. The van der Waals surface area contributed by atoms with Crippen molar-refractivity contribution in [3.05, 3.63) is 58.7 Å². The fraction of sp³-hybridized carbons (Fsp3) is 0.263. The Hall–Kier alpha value is -2.64. The minimum atomic E-state index is -0.0920. The number of halogens is 2. The molecule has 146 valence electrons. The lowest BCUT2D eigenvalue weighted by Gasteiger charge is -2.08. The number of hydrogen-bond donors (Lipinski definition) is 1. The predicted molar refractivity (Wildman–Crippen MR) is 105 cm³/mol. The fourth-order valence-electron chi connectivity index (χ4n) is 2.35. The summed E-state index contributed by atoms with van der Waals surface area (Å²) in [5, 5.41) is 7.74. The smallest absolute Gasteiger partial charge is 0.227 e. The zero-order valence-electron chi connectivity index (χ0n) is 14.9. The zero-order valence-corrected chi connectivity index (χ0v) is 16.4. The molecule has 0 aliphatic carbocycles. The molecular weight excluding hydrogens is 403 g/mol. The van der Waals surface area contributed by atoms with Gasteiger partial charge in [-0.25, -0.2) is 0 Å². The maximum absolute atomic E-state index is 11.9. The molecular formula is C19H18Cl2N4O3. The SMILES string of the molecule is O=C(CCc1nc(-c2cccnc2)no1)NCCCOc1ccc(Cl)cc1Cl. The highest BCUT2D eigenvalue weighted by molar-refractivity contribution is 6.35. The molecule has 3 aromatic rings. The van der Waals surface area contributed by atoms with Crippen LogP contribution in [-0.2, 0) is 11.2 Å². The largest absolute Gasteiger partial charge is 0.492 e. The Kier molecular flexibility index (Phi) is 7.22. The number of carbonyl (C=O) groups is 1. The Labute approximate surface area is 172 Å². The highest BCUT2D eigenvalue weighted by Crippen LogP contribution is 2.27. The zero-order chi connectivity index (χ0) is 19.8. The summed E-state index contributed by atoms with van der Waals surface area (Å²) in [5.41, 5.74) is 0.766. The molecule has 1 amide bonds. The molecule has 2 heterocycles. The molecule has 0 radical (unpaired) electrons. The molecule has 9 heteroatoms. The van der Waals surface area contributed by atoms with Crippen LogP contribution in [0.3, 0.4) is 0 Å². The van der Waals surface area contributed by atoms with Crippen LogP contribution in [0.5, 0.6) is 5.75 Å². The summed E-state index contributed by atoms with van der Waals surface area (Å²) in [6.07, 6.45) is 4.61. The lowest BCUT2D eigenvalue weighted by Crippen LogP contribution is -2.25. The summed E-state index contributed by atoms with van der Waals surface area (Å²) in [6.45, 7) is 0.925. The molecule has 0 saturated carbocycles. The molecule has 0 unspecified atom stereocenters. The molecule has 0 aliphatic rings. The average molecular weight is 421 g/mol. The Morgan fingerprint density at radius 1 is 1.25 bits per heavy atom. The number of carbonyl (C=O) groups excluding carboxylic acids is 1. The van der Waals surface area contributed by atoms with Crippen LogP contribution in [0.25, 0.3) is 11.4 Å². The first-order chi connectivity index (χ1) is 13.6. The number of amides is 1. The van der Waals surface area contributed by atoms with Gasteiger partial charge in [0.15, 0.2) is 0 Å². The van der Waals surface area contributed by atoms with Crippen LogP contribution in [0.2, 0.25) is 10.0 Å². The molecule has 0 spiro atoms. The highest BCUT2D eigenvalue weighted by Gasteiger charge is 2.10. The molecule has 3 rings (SSSR count). The van der Waals surface area contributed by atoms with Crippen molar-refractivity contribution in [1.29, 1.82) is 0 Å². The van der Waals surface area contributed by atoms with E-state index < -0.39 is 0 Å². The second-order valence-electron chi connectivity index (χ2n) is 5.88. The van der Waals surface area contributed by atoms with E-state index >= 15 is 0 Å². The number of hydrogen-bond acceptors (Lipinski definition) is 6. The standard InChI is InChI=1S/C19H18Cl2N4O3/c20-14-4-5-16(15(21)11-14)27-10-2-9-23-17(26)6-7-18-24-19(25-28-18)13-3-1-8-22-12-13/h1,3-5,8,11-12H,2,6-7,9-10H2,(H,23,26). The second-order valence-corrected chi connectivity index (χ2v) is 6.72. The van der Waals surface area contributed by atoms with Crippen molar-refractivity contribution < 1.29 is 14.1 Å². The number of pyridine rings is 1. The first-order valence-electron chi connectivity index (χ1n) is 8.69. The van der Waals surface area contributed by atoms with Crippen molar-refractivity contribution in [2.24, 2.45) is 0 Å². The third kappa shape index (κ3) is 5.94. The molecule has 7 nitrogen and oxygen atoms in total. The van der Waals surface area contributed by atoms with E-state index in [-0.39, 0.29) is 12.3 Å². The lowest BCUT2D eigenvalue weighted by atomic mass is 10.2. The summed E-state index contributed by atoms with van der Waals surface area (Å²) in [4.78, 5) is 20.2. The number of ether oxygens (including phenoxy) is 1. The summed E-state index contributed by atoms with van der Waals surface area (Å²) in [6, 6.07) is 8.68. The van der Waals surface area contributed by atoms with Crippen molar-refractivity contribution >= 4 is 29.1 Å². The maximum Gasteiger partial charge on any atom is 0.227 e. The molecule has 0 bridgehead atoms. The predicted octanol–water partition coefficient (Wildman–Crippen LogP) is 3.96. The van der Waals surface area contributed by atoms with Crippen LogP contribution >= 0.6 is 23.2 Å². The van der Waals surface area contributed by atoms with E-state index in [1.165, 1.54) is 0 Å². The number of aryl methyl sites for hydroxylation is 1. The van der Waals surface area contributed by atoms with Crippen molar-refractivity contribution in [1.82, 2.24) is 20.4 Å². The van der Waals surface area contributed by atoms with Crippen molar-refractivity contribution in [2.45, 2.75) is 19.3 Å². The number of benzene rings is 1. The van der Waals surface area contributed by atoms with Gasteiger partial charge in [0.2, 0.25) is 17.6 Å². The van der Waals surface area contributed by atoms with E-state index in [0.29, 0.717) is 53.5 Å². The molecule has 0 aliphatic heterocycles. The van der Waals surface area contributed by atoms with Crippen LogP contribution in [0.4, 0.5) is 0 Å². The third-order valence-electron chi connectivity index (χ3n) is 3.75. The van der Waals surface area contributed by atoms with Crippen molar-refractivity contribution in [2.75, 3.05) is 13.2 Å². The minimum absolute atomic E-state index is 0.0920. The fourth-order valence-corrected chi connectivity index (χ4v) is 2.81. The van der Waals surface area contributed by atoms with Gasteiger partial charge >= 0.3 is 0 Å². The van der Waals surface area contributed by atoms with Gasteiger partial charge in [0, 0.05) is 42.4 Å². The van der Waals surface area contributed by atoms with E-state index in [0.717, 1.165) is 5.56 Å². The second kappa shape index (κ2) is 10.1.